The Morgan fingerprint density at radius 2 is 2.08 bits per heavy atom. The minimum absolute atomic E-state index is 0.203. The van der Waals surface area contributed by atoms with Gasteiger partial charge in [-0.2, -0.15) is 0 Å². The van der Waals surface area contributed by atoms with Gasteiger partial charge < -0.3 is 5.43 Å². The maximum absolute atomic E-state index is 12.2. The predicted octanol–water partition coefficient (Wildman–Crippen LogP) is 1.46. The van der Waals surface area contributed by atoms with Crippen LogP contribution in [0.15, 0.2) is 0 Å². The molecule has 3 N–H and O–H groups in total. The van der Waals surface area contributed by atoms with Gasteiger partial charge in [-0.15, -0.1) is 0 Å². The van der Waals surface area contributed by atoms with Crippen molar-refractivity contribution in [1.29, 1.82) is 0 Å². The van der Waals surface area contributed by atoms with Crippen LogP contribution in [0.2, 0.25) is 0 Å². The number of hydrazine groups is 1. The molecule has 1 unspecified atom stereocenters. The fraction of sp³-hybridized carbons (Fsp3) is 0.800. The zero-order chi connectivity index (χ0) is 9.56. The van der Waals surface area contributed by atoms with Crippen LogP contribution in [-0.4, -0.2) is 22.7 Å². The van der Waals surface area contributed by atoms with E-state index in [4.69, 9.17) is 5.84 Å². The van der Waals surface area contributed by atoms with E-state index in [0.29, 0.717) is 0 Å². The lowest BCUT2D eigenvalue weighted by Crippen LogP contribution is -2.26. The molecule has 0 heterocycles. The van der Waals surface area contributed by atoms with Crippen molar-refractivity contribution in [3.63, 3.8) is 0 Å². The average molecular weight is 218 g/mol. The lowest BCUT2D eigenvalue weighted by atomic mass is 10.3. The van der Waals surface area contributed by atoms with E-state index in [-0.39, 0.29) is 16.5 Å². The van der Waals surface area contributed by atoms with Crippen LogP contribution in [0.1, 0.15) is 6.42 Å². The maximum Gasteiger partial charge on any atom is 0.269 e. The number of hydrogen-bond acceptors (Lipinski definition) is 3. The van der Waals surface area contributed by atoms with Crippen LogP contribution in [0.25, 0.3) is 0 Å². The van der Waals surface area contributed by atoms with E-state index in [1.54, 1.807) is 0 Å². The molecular weight excluding hydrogens is 209 g/mol. The van der Waals surface area contributed by atoms with Gasteiger partial charge in [-0.25, -0.2) is 19.0 Å². The highest BCUT2D eigenvalue weighted by Gasteiger charge is 2.18. The molecule has 0 aliphatic rings. The van der Waals surface area contributed by atoms with Crippen molar-refractivity contribution in [2.45, 2.75) is 19.0 Å². The molecule has 0 fully saturated rings. The van der Waals surface area contributed by atoms with Crippen LogP contribution in [0.3, 0.4) is 0 Å². The Bertz CT molecular complexity index is 145. The van der Waals surface area contributed by atoms with Crippen LogP contribution in [0.4, 0.5) is 13.2 Å². The largest absolute Gasteiger partial charge is 0.309 e. The summed E-state index contributed by atoms with van der Waals surface area (Å²) in [6, 6.07) is 0. The fourth-order valence-electron chi connectivity index (χ4n) is 0.432. The number of rotatable bonds is 4. The molecule has 0 aromatic heterocycles. The molecular formula is C5H9F3N2S2. The third-order valence-electron chi connectivity index (χ3n) is 1.02. The molecule has 0 aromatic rings. The van der Waals surface area contributed by atoms with Crippen molar-refractivity contribution in [1.82, 2.24) is 5.43 Å². The summed E-state index contributed by atoms with van der Waals surface area (Å²) in [5, 5.41) is 0. The lowest BCUT2D eigenvalue weighted by molar-refractivity contribution is 0.0488. The molecule has 72 valence electrons. The average Bonchev–Trinajstić information content (AvgIpc) is 2.03. The molecule has 1 atom stereocenters. The molecule has 0 rings (SSSR count). The molecule has 7 heteroatoms. The normalized spacial score (nSPS) is 13.1. The number of nitrogens with one attached hydrogen (secondary N) is 1. The smallest absolute Gasteiger partial charge is 0.269 e. The van der Waals surface area contributed by atoms with Gasteiger partial charge in [0.2, 0.25) is 0 Å². The van der Waals surface area contributed by atoms with Gasteiger partial charge in [-0.3, -0.25) is 0 Å². The summed E-state index contributed by atoms with van der Waals surface area (Å²) >= 11 is 5.63. The van der Waals surface area contributed by atoms with Crippen LogP contribution in [0.5, 0.6) is 0 Å². The summed E-state index contributed by atoms with van der Waals surface area (Å²) in [5.41, 5.74) is 2.15. The van der Waals surface area contributed by atoms with Gasteiger partial charge in [0.05, 0.1) is 0 Å². The first-order valence-corrected chi connectivity index (χ1v) is 4.53. The van der Waals surface area contributed by atoms with E-state index in [1.807, 2.05) is 0 Å². The molecule has 0 aliphatic carbocycles. The third kappa shape index (κ3) is 5.62. The number of hydrogen-bond donors (Lipinski definition) is 2. The highest BCUT2D eigenvalue weighted by Crippen LogP contribution is 2.13. The second kappa shape index (κ2) is 6.50. The number of halogens is 3. The van der Waals surface area contributed by atoms with Gasteiger partial charge in [-0.1, -0.05) is 24.0 Å². The Labute approximate surface area is 78.0 Å². The summed E-state index contributed by atoms with van der Waals surface area (Å²) in [5.74, 6) is 5.10. The third-order valence-corrected chi connectivity index (χ3v) is 2.31. The van der Waals surface area contributed by atoms with Gasteiger partial charge in [0.15, 0.2) is 6.17 Å². The minimum atomic E-state index is -2.91. The molecule has 0 radical (unpaired) electrons. The number of alkyl halides is 3. The van der Waals surface area contributed by atoms with Crippen molar-refractivity contribution >= 4 is 28.3 Å². The van der Waals surface area contributed by atoms with E-state index in [9.17, 15) is 13.2 Å². The topological polar surface area (TPSA) is 38.0 Å². The highest BCUT2D eigenvalue weighted by molar-refractivity contribution is 8.22. The Morgan fingerprint density at radius 1 is 1.50 bits per heavy atom. The Balaban J connectivity index is 3.37. The number of thioether (sulfide) groups is 1. The molecule has 0 saturated carbocycles. The van der Waals surface area contributed by atoms with Crippen molar-refractivity contribution in [3.05, 3.63) is 0 Å². The fourth-order valence-corrected chi connectivity index (χ4v) is 1.29. The van der Waals surface area contributed by atoms with Gasteiger partial charge >= 0.3 is 0 Å². The second-order valence-electron chi connectivity index (χ2n) is 1.92. The molecule has 0 bridgehead atoms. The molecule has 0 spiro atoms. The van der Waals surface area contributed by atoms with Gasteiger partial charge in [0, 0.05) is 5.75 Å². The molecule has 0 amide bonds. The molecule has 0 aliphatic heterocycles. The van der Waals surface area contributed by atoms with Crippen LogP contribution in [0, 0.1) is 0 Å². The Kier molecular flexibility index (Phi) is 6.49. The minimum Gasteiger partial charge on any atom is -0.309 e. The first-order valence-electron chi connectivity index (χ1n) is 3.13. The Hall–Kier alpha value is -0.0100. The summed E-state index contributed by atoms with van der Waals surface area (Å²) in [6.45, 7) is 0. The van der Waals surface area contributed by atoms with Gasteiger partial charge in [0.1, 0.15) is 4.32 Å². The van der Waals surface area contributed by atoms with Crippen molar-refractivity contribution in [2.75, 3.05) is 5.75 Å². The van der Waals surface area contributed by atoms with Crippen LogP contribution < -0.4 is 11.3 Å². The lowest BCUT2D eigenvalue weighted by Gasteiger charge is -2.06. The molecule has 0 aromatic carbocycles. The zero-order valence-electron chi connectivity index (χ0n) is 6.10. The summed E-state index contributed by atoms with van der Waals surface area (Å²) in [4.78, 5) is 0. The summed E-state index contributed by atoms with van der Waals surface area (Å²) in [7, 11) is 0. The molecule has 0 saturated heterocycles. The first kappa shape index (κ1) is 12.0. The van der Waals surface area contributed by atoms with Crippen LogP contribution >= 0.6 is 24.0 Å². The van der Waals surface area contributed by atoms with E-state index in [0.717, 1.165) is 11.8 Å². The number of nitrogens with two attached hydrogens (primary N) is 1. The summed E-state index contributed by atoms with van der Waals surface area (Å²) in [6.07, 6.45) is -5.20. The van der Waals surface area contributed by atoms with E-state index >= 15 is 0 Å². The summed E-state index contributed by atoms with van der Waals surface area (Å²) < 4.78 is 35.7. The van der Waals surface area contributed by atoms with Crippen molar-refractivity contribution < 1.29 is 13.2 Å². The maximum atomic E-state index is 12.2. The monoisotopic (exact) mass is 218 g/mol. The second-order valence-corrected chi connectivity index (χ2v) is 3.69. The Morgan fingerprint density at radius 3 is 2.50 bits per heavy atom. The first-order chi connectivity index (χ1) is 5.57. The predicted molar refractivity (Wildman–Crippen MR) is 47.9 cm³/mol. The SMILES string of the molecule is NNC(=S)SCCC(F)C(F)F. The standard InChI is InChI=1S/C5H9F3N2S2/c6-3(4(7)8)1-2-12-5(11)10-9/h3-4H,1-2,9H2,(H,10,11). The van der Waals surface area contributed by atoms with Crippen molar-refractivity contribution in [3.8, 4) is 0 Å². The van der Waals surface area contributed by atoms with Crippen molar-refractivity contribution in [2.24, 2.45) is 5.84 Å². The highest BCUT2D eigenvalue weighted by atomic mass is 32.2. The molecule has 2 nitrogen and oxygen atoms in total. The van der Waals surface area contributed by atoms with Gasteiger partial charge in [0.25, 0.3) is 6.43 Å². The van der Waals surface area contributed by atoms with Crippen LogP contribution in [-0.2, 0) is 0 Å². The quantitative estimate of drug-likeness (QED) is 0.425. The number of thiocarbonyl (C=S) groups is 1. The van der Waals surface area contributed by atoms with E-state index in [1.165, 1.54) is 0 Å². The van der Waals surface area contributed by atoms with E-state index in [2.05, 4.69) is 17.6 Å². The van der Waals surface area contributed by atoms with Gasteiger partial charge in [-0.05, 0) is 6.42 Å². The zero-order valence-corrected chi connectivity index (χ0v) is 7.73. The molecule has 12 heavy (non-hydrogen) atoms. The van der Waals surface area contributed by atoms with E-state index < -0.39 is 12.6 Å².